The molecule has 2 aromatic heterocycles. The minimum absolute atomic E-state index is 0.0453. The highest BCUT2D eigenvalue weighted by Crippen LogP contribution is 2.31. The molecule has 0 aliphatic carbocycles. The molecule has 12 heteroatoms. The Morgan fingerprint density at radius 2 is 1.95 bits per heavy atom. The molecule has 0 bridgehead atoms. The second kappa shape index (κ2) is 12.7. The van der Waals surface area contributed by atoms with Crippen LogP contribution in [0.15, 0.2) is 79.2 Å². The molecule has 39 heavy (non-hydrogen) atoms. The first kappa shape index (κ1) is 27.4. The molecule has 1 unspecified atom stereocenters. The normalized spacial score (nSPS) is 12.3. The molecule has 4 N–H and O–H groups in total. The van der Waals surface area contributed by atoms with Gasteiger partial charge in [-0.05, 0) is 42.8 Å². The van der Waals surface area contributed by atoms with E-state index in [1.54, 1.807) is 36.7 Å². The Kier molecular flexibility index (Phi) is 8.92. The van der Waals surface area contributed by atoms with Crippen LogP contribution in [0.4, 0.5) is 11.5 Å². The molecule has 0 aliphatic rings. The molecule has 0 aliphatic heterocycles. The molecule has 2 heterocycles. The molecular formula is C27H27N7O4S. The van der Waals surface area contributed by atoms with Crippen molar-refractivity contribution in [1.82, 2.24) is 24.7 Å². The fraction of sp³-hybridized carbons (Fsp3) is 0.148. The summed E-state index contributed by atoms with van der Waals surface area (Å²) in [7, 11) is 0.115. The van der Waals surface area contributed by atoms with E-state index in [1.165, 1.54) is 24.9 Å². The van der Waals surface area contributed by atoms with Gasteiger partial charge < -0.3 is 20.5 Å². The van der Waals surface area contributed by atoms with Crippen LogP contribution in [0.5, 0.6) is 11.5 Å². The zero-order chi connectivity index (χ0) is 27.8. The van der Waals surface area contributed by atoms with Gasteiger partial charge in [-0.25, -0.2) is 23.9 Å². The summed E-state index contributed by atoms with van der Waals surface area (Å²) in [4.78, 5) is 29.9. The first-order chi connectivity index (χ1) is 18.9. The minimum Gasteiger partial charge on any atom is -0.504 e. The second-order valence-corrected chi connectivity index (χ2v) is 9.51. The van der Waals surface area contributed by atoms with Crippen LogP contribution in [0.3, 0.4) is 0 Å². The highest BCUT2D eigenvalue weighted by Gasteiger charge is 2.12. The number of hydrogen-bond acceptors (Lipinski definition) is 9. The third kappa shape index (κ3) is 7.21. The largest absolute Gasteiger partial charge is 0.504 e. The Hall–Kier alpha value is -4.68. The maximum atomic E-state index is 12.7. The van der Waals surface area contributed by atoms with Gasteiger partial charge in [-0.1, -0.05) is 18.7 Å². The molecule has 0 spiro atoms. The van der Waals surface area contributed by atoms with E-state index in [0.717, 1.165) is 11.1 Å². The van der Waals surface area contributed by atoms with Crippen molar-refractivity contribution in [2.75, 3.05) is 17.7 Å². The molecule has 0 radical (unpaired) electrons. The Morgan fingerprint density at radius 3 is 2.69 bits per heavy atom. The summed E-state index contributed by atoms with van der Waals surface area (Å²) in [6, 6.07) is 12.3. The predicted molar refractivity (Wildman–Crippen MR) is 149 cm³/mol. The Balaban J connectivity index is 1.41. The van der Waals surface area contributed by atoms with Crippen molar-refractivity contribution >= 4 is 28.4 Å². The van der Waals surface area contributed by atoms with Crippen LogP contribution in [0.25, 0.3) is 11.3 Å². The monoisotopic (exact) mass is 545 g/mol. The Bertz CT molecular complexity index is 1500. The molecule has 0 saturated heterocycles. The van der Waals surface area contributed by atoms with E-state index in [9.17, 15) is 14.1 Å². The molecule has 2 aromatic carbocycles. The number of aromatic nitrogens is 4. The highest BCUT2D eigenvalue weighted by molar-refractivity contribution is 7.85. The van der Waals surface area contributed by atoms with Gasteiger partial charge in [0.05, 0.1) is 43.3 Å². The predicted octanol–water partition coefficient (Wildman–Crippen LogP) is 3.97. The van der Waals surface area contributed by atoms with Gasteiger partial charge in [0.25, 0.3) is 5.91 Å². The number of nitrogens with zero attached hydrogens (tertiary/aromatic N) is 4. The van der Waals surface area contributed by atoms with Crippen molar-refractivity contribution in [2.45, 2.75) is 19.5 Å². The lowest BCUT2D eigenvalue weighted by Crippen LogP contribution is -2.18. The van der Waals surface area contributed by atoms with Crippen LogP contribution >= 0.6 is 0 Å². The van der Waals surface area contributed by atoms with Crippen molar-refractivity contribution in [2.24, 2.45) is 0 Å². The second-order valence-electron chi connectivity index (χ2n) is 8.29. The number of rotatable bonds is 11. The van der Waals surface area contributed by atoms with Crippen molar-refractivity contribution in [3.05, 3.63) is 96.2 Å². The van der Waals surface area contributed by atoms with E-state index in [4.69, 9.17) is 4.74 Å². The van der Waals surface area contributed by atoms with Crippen LogP contribution < -0.4 is 20.1 Å². The number of phenolic OH excluding ortho intramolecular Hbond substituents is 1. The zero-order valence-corrected chi connectivity index (χ0v) is 22.1. The number of carbonyl (C=O) groups is 1. The molecule has 2 atom stereocenters. The summed E-state index contributed by atoms with van der Waals surface area (Å²) in [5.74, 6) is 1.000. The van der Waals surface area contributed by atoms with E-state index in [-0.39, 0.29) is 29.8 Å². The molecule has 0 saturated carbocycles. The van der Waals surface area contributed by atoms with Crippen LogP contribution in [-0.2, 0) is 17.5 Å². The van der Waals surface area contributed by atoms with E-state index in [0.29, 0.717) is 28.8 Å². The van der Waals surface area contributed by atoms with E-state index >= 15 is 0 Å². The third-order valence-corrected chi connectivity index (χ3v) is 6.34. The Labute approximate surface area is 228 Å². The lowest BCUT2D eigenvalue weighted by atomic mass is 10.1. The van der Waals surface area contributed by atoms with Gasteiger partial charge in [-0.15, -0.1) is 0 Å². The smallest absolute Gasteiger partial charge is 0.258 e. The maximum Gasteiger partial charge on any atom is 0.258 e. The first-order valence-corrected chi connectivity index (χ1v) is 13.0. The van der Waals surface area contributed by atoms with Gasteiger partial charge in [0.2, 0.25) is 0 Å². The number of carbonyl (C=O) groups excluding carboxylic acids is 1. The third-order valence-electron chi connectivity index (χ3n) is 5.61. The molecule has 200 valence electrons. The fourth-order valence-electron chi connectivity index (χ4n) is 3.56. The fourth-order valence-corrected chi connectivity index (χ4v) is 3.95. The number of hydrogen-bond donors (Lipinski definition) is 4. The van der Waals surface area contributed by atoms with E-state index < -0.39 is 11.0 Å². The van der Waals surface area contributed by atoms with Crippen LogP contribution in [-0.4, -0.2) is 42.3 Å². The summed E-state index contributed by atoms with van der Waals surface area (Å²) >= 11 is 0. The lowest BCUT2D eigenvalue weighted by Gasteiger charge is -2.16. The number of amides is 1. The minimum atomic E-state index is -1.37. The number of aromatic hydroxyl groups is 1. The van der Waals surface area contributed by atoms with Crippen LogP contribution in [0, 0.1) is 0 Å². The molecule has 4 rings (SSSR count). The van der Waals surface area contributed by atoms with Gasteiger partial charge >= 0.3 is 0 Å². The Morgan fingerprint density at radius 1 is 1.15 bits per heavy atom. The van der Waals surface area contributed by atoms with Gasteiger partial charge in [0.15, 0.2) is 11.5 Å². The molecule has 4 aromatic rings. The van der Waals surface area contributed by atoms with Crippen molar-refractivity contribution in [3.8, 4) is 22.8 Å². The number of ether oxygens (including phenoxy) is 1. The standard InChI is InChI=1S/C27H27N7O4S/c1-4-39(37)31-16-25-29-12-20(13-30-25)27(36)33-21-7-5-6-18(10-21)17(2)32-26-15-28-14-22(34-26)19-8-9-23(35)24(11-19)38-3/h4-15,17,31,35H,1,16H2,2-3H3,(H,32,34)(H,33,36)/t17-,39?/m0/s1. The summed E-state index contributed by atoms with van der Waals surface area (Å²) in [5.41, 5.74) is 3.18. The van der Waals surface area contributed by atoms with Gasteiger partial charge in [0.1, 0.15) is 22.6 Å². The number of benzene rings is 2. The zero-order valence-electron chi connectivity index (χ0n) is 21.3. The summed E-state index contributed by atoms with van der Waals surface area (Å²) in [6.07, 6.45) is 6.09. The van der Waals surface area contributed by atoms with Crippen LogP contribution in [0.1, 0.15) is 34.7 Å². The number of nitrogens with one attached hydrogen (secondary N) is 3. The van der Waals surface area contributed by atoms with Crippen molar-refractivity contribution < 1.29 is 18.8 Å². The summed E-state index contributed by atoms with van der Waals surface area (Å²) in [6.45, 7) is 5.59. The van der Waals surface area contributed by atoms with E-state index in [1.807, 2.05) is 25.1 Å². The molecule has 0 fully saturated rings. The summed E-state index contributed by atoms with van der Waals surface area (Å²) < 4.78 is 19.3. The SMILES string of the molecule is C=CS(=O)NCc1ncc(C(=O)Nc2cccc([C@H](C)Nc3cncc(-c4ccc(O)c(OC)c4)n3)c2)cn1. The topological polar surface area (TPSA) is 151 Å². The van der Waals surface area contributed by atoms with Crippen molar-refractivity contribution in [1.29, 1.82) is 0 Å². The molecule has 1 amide bonds. The van der Waals surface area contributed by atoms with Gasteiger partial charge in [-0.2, -0.15) is 0 Å². The summed E-state index contributed by atoms with van der Waals surface area (Å²) in [5, 5.41) is 17.3. The number of anilines is 2. The molecule has 11 nitrogen and oxygen atoms in total. The lowest BCUT2D eigenvalue weighted by molar-refractivity contribution is 0.102. The number of methoxy groups -OCH3 is 1. The average molecular weight is 546 g/mol. The van der Waals surface area contributed by atoms with Gasteiger partial charge in [0, 0.05) is 29.1 Å². The number of phenols is 1. The van der Waals surface area contributed by atoms with E-state index in [2.05, 4.69) is 41.9 Å². The van der Waals surface area contributed by atoms with Crippen molar-refractivity contribution in [3.63, 3.8) is 0 Å². The highest BCUT2D eigenvalue weighted by atomic mass is 32.2. The van der Waals surface area contributed by atoms with Gasteiger partial charge in [-0.3, -0.25) is 9.78 Å². The average Bonchev–Trinajstić information content (AvgIpc) is 2.96. The quantitative estimate of drug-likeness (QED) is 0.219. The molecular weight excluding hydrogens is 518 g/mol. The maximum absolute atomic E-state index is 12.7. The first-order valence-electron chi connectivity index (χ1n) is 11.8. The van der Waals surface area contributed by atoms with Crippen LogP contribution in [0.2, 0.25) is 0 Å².